The van der Waals surface area contributed by atoms with E-state index >= 15 is 0 Å². The molecule has 0 N–H and O–H groups in total. The summed E-state index contributed by atoms with van der Waals surface area (Å²) in [5.41, 5.74) is 0. The van der Waals surface area contributed by atoms with Gasteiger partial charge in [0.05, 0.1) is 0 Å². The summed E-state index contributed by atoms with van der Waals surface area (Å²) in [4.78, 5) is 4.22. The fourth-order valence-corrected chi connectivity index (χ4v) is 0.618. The Morgan fingerprint density at radius 2 is 2.43 bits per heavy atom. The van der Waals surface area contributed by atoms with Crippen molar-refractivity contribution in [3.8, 4) is 0 Å². The zero-order valence-corrected chi connectivity index (χ0v) is 6.13. The maximum atomic E-state index is 9.87. The van der Waals surface area contributed by atoms with Gasteiger partial charge < -0.3 is 0 Å². The van der Waals surface area contributed by atoms with E-state index < -0.39 is 17.2 Å². The minimum atomic E-state index is -2.91. The molecule has 7 heavy (non-hydrogen) atoms. The van der Waals surface area contributed by atoms with Crippen LogP contribution in [0.2, 0.25) is 0 Å². The zero-order chi connectivity index (χ0) is 5.70. The van der Waals surface area contributed by atoms with Crippen molar-refractivity contribution in [3.63, 3.8) is 0 Å². The van der Waals surface area contributed by atoms with Crippen LogP contribution < -0.4 is 0 Å². The van der Waals surface area contributed by atoms with Crippen LogP contribution in [0.4, 0.5) is 0 Å². The van der Waals surface area contributed by atoms with Gasteiger partial charge in [-0.25, -0.2) is 0 Å². The molecule has 0 unspecified atom stereocenters. The van der Waals surface area contributed by atoms with E-state index in [1.165, 1.54) is 0 Å². The molecule has 0 bridgehead atoms. The molecule has 0 aliphatic rings. The van der Waals surface area contributed by atoms with Gasteiger partial charge in [-0.05, 0) is 0 Å². The normalized spacial score (nSPS) is 8.86. The average molecular weight is 160 g/mol. The van der Waals surface area contributed by atoms with Crippen LogP contribution in [0.1, 0.15) is 6.92 Å². The molecule has 0 saturated heterocycles. The molecule has 42 valence electrons. The second kappa shape index (κ2) is 4.87. The monoisotopic (exact) mass is 160 g/mol. The van der Waals surface area contributed by atoms with Crippen LogP contribution in [0.15, 0.2) is 0 Å². The van der Waals surface area contributed by atoms with Crippen LogP contribution in [0, 0.1) is 0 Å². The van der Waals surface area contributed by atoms with Crippen molar-refractivity contribution in [2.45, 2.75) is 6.92 Å². The summed E-state index contributed by atoms with van der Waals surface area (Å²) in [7, 11) is 4.92. The molecule has 0 fully saturated rings. The predicted octanol–water partition coefficient (Wildman–Crippen LogP) is 0.987. The summed E-state index contributed by atoms with van der Waals surface area (Å²) in [5, 5.41) is 0. The van der Waals surface area contributed by atoms with Gasteiger partial charge in [-0.1, -0.05) is 0 Å². The first kappa shape index (κ1) is 7.72. The molecule has 0 radical (unpaired) electrons. The van der Waals surface area contributed by atoms with Crippen LogP contribution >= 0.6 is 9.30 Å². The Kier molecular flexibility index (Phi) is 5.38. The van der Waals surface area contributed by atoms with E-state index in [0.29, 0.717) is 6.61 Å². The van der Waals surface area contributed by atoms with Gasteiger partial charge in [-0.3, -0.25) is 0 Å². The molecule has 0 amide bonds. The molecule has 0 heterocycles. The second-order valence-electron chi connectivity index (χ2n) is 0.727. The van der Waals surface area contributed by atoms with Gasteiger partial charge >= 0.3 is 51.7 Å². The molecule has 0 saturated carbocycles. The van der Waals surface area contributed by atoms with E-state index in [2.05, 4.69) is 8.36 Å². The van der Waals surface area contributed by atoms with Gasteiger partial charge in [0.2, 0.25) is 0 Å². The minimum absolute atomic E-state index is 0.380. The molecule has 0 spiro atoms. The van der Waals surface area contributed by atoms with Crippen molar-refractivity contribution in [1.82, 2.24) is 0 Å². The predicted molar refractivity (Wildman–Crippen MR) is 19.3 cm³/mol. The van der Waals surface area contributed by atoms with Crippen molar-refractivity contribution >= 4 is 9.30 Å². The number of hydrogen-bond acceptors (Lipinski definition) is 3. The molecular formula is C2H5ClO3Ti. The van der Waals surface area contributed by atoms with E-state index in [4.69, 9.17) is 9.30 Å². The zero-order valence-electron chi connectivity index (χ0n) is 3.81. The second-order valence-corrected chi connectivity index (χ2v) is 3.00. The summed E-state index contributed by atoms with van der Waals surface area (Å²) in [6.45, 7) is 2.10. The van der Waals surface area contributed by atoms with Crippen LogP contribution in [0.5, 0.6) is 0 Å². The maximum absolute atomic E-state index is 9.87. The first-order valence-electron chi connectivity index (χ1n) is 1.76. The van der Waals surface area contributed by atoms with E-state index in [0.717, 1.165) is 0 Å². The fourth-order valence-electron chi connectivity index (χ4n) is 0.105. The third kappa shape index (κ3) is 6.72. The summed E-state index contributed by atoms with van der Waals surface area (Å²) >= 11 is -2.91. The summed E-state index contributed by atoms with van der Waals surface area (Å²) in [5.74, 6) is 0. The van der Waals surface area contributed by atoms with E-state index in [9.17, 15) is 3.32 Å². The molecule has 0 aromatic heterocycles. The number of rotatable bonds is 3. The van der Waals surface area contributed by atoms with Crippen molar-refractivity contribution in [3.05, 3.63) is 0 Å². The molecule has 0 aromatic carbocycles. The van der Waals surface area contributed by atoms with Gasteiger partial charge in [0.15, 0.2) is 0 Å². The summed E-state index contributed by atoms with van der Waals surface area (Å²) in [6.07, 6.45) is 0. The fraction of sp³-hybridized carbons (Fsp3) is 1.00. The summed E-state index contributed by atoms with van der Waals surface area (Å²) in [6, 6.07) is 0. The average Bonchev–Trinajstić information content (AvgIpc) is 1.61. The molecule has 0 aromatic rings. The van der Waals surface area contributed by atoms with Crippen LogP contribution in [-0.2, 0) is 28.8 Å². The first-order chi connectivity index (χ1) is 3.27. The quantitative estimate of drug-likeness (QED) is 0.351. The van der Waals surface area contributed by atoms with Gasteiger partial charge in [0, 0.05) is 0 Å². The Morgan fingerprint density at radius 3 is 2.57 bits per heavy atom. The topological polar surface area (TPSA) is 35.5 Å². The molecule has 0 aliphatic carbocycles. The Morgan fingerprint density at radius 1 is 1.86 bits per heavy atom. The SMILES string of the molecule is CCO[O][Ti](=[O])[Cl]. The van der Waals surface area contributed by atoms with Crippen LogP contribution in [0.3, 0.4) is 0 Å². The number of halogens is 1. The van der Waals surface area contributed by atoms with Crippen molar-refractivity contribution in [1.29, 1.82) is 0 Å². The molecule has 3 nitrogen and oxygen atoms in total. The third-order valence-corrected chi connectivity index (χ3v) is 0.891. The van der Waals surface area contributed by atoms with E-state index in [-0.39, 0.29) is 0 Å². The van der Waals surface area contributed by atoms with Crippen molar-refractivity contribution in [2.75, 3.05) is 6.61 Å². The molecule has 0 atom stereocenters. The molecular weight excluding hydrogens is 155 g/mol. The van der Waals surface area contributed by atoms with Gasteiger partial charge in [-0.15, -0.1) is 0 Å². The standard InChI is InChI=1S/C2H6O2.ClH.O.Ti/c1-2-4-3;;;/h3H,2H2,1H3;1H;;/q;;;+2/p-2. The molecule has 5 heteroatoms. The van der Waals surface area contributed by atoms with Crippen molar-refractivity contribution in [2.24, 2.45) is 0 Å². The van der Waals surface area contributed by atoms with Crippen molar-refractivity contribution < 1.29 is 28.8 Å². The third-order valence-electron chi connectivity index (χ3n) is 0.242. The van der Waals surface area contributed by atoms with Gasteiger partial charge in [0.25, 0.3) is 0 Å². The Hall–Kier alpha value is 0.724. The molecule has 0 rings (SSSR count). The van der Waals surface area contributed by atoms with E-state index in [1.54, 1.807) is 6.92 Å². The van der Waals surface area contributed by atoms with Gasteiger partial charge in [-0.2, -0.15) is 0 Å². The first-order valence-corrected chi connectivity index (χ1v) is 5.18. The van der Waals surface area contributed by atoms with E-state index in [1.807, 2.05) is 0 Å². The Bertz CT molecular complexity index is 66.0. The van der Waals surface area contributed by atoms with Crippen LogP contribution in [-0.4, -0.2) is 6.61 Å². The van der Waals surface area contributed by atoms with Crippen LogP contribution in [0.25, 0.3) is 0 Å². The Balaban J connectivity index is 2.82. The van der Waals surface area contributed by atoms with Gasteiger partial charge in [0.1, 0.15) is 0 Å². The Labute approximate surface area is 52.0 Å². The molecule has 0 aliphatic heterocycles. The summed E-state index contributed by atoms with van der Waals surface area (Å²) < 4.78 is 13.9. The number of hydrogen-bond donors (Lipinski definition) is 0.